The van der Waals surface area contributed by atoms with E-state index in [0.29, 0.717) is 18.2 Å². The first-order valence-corrected chi connectivity index (χ1v) is 14.6. The summed E-state index contributed by atoms with van der Waals surface area (Å²) in [5, 5.41) is 0. The van der Waals surface area contributed by atoms with Crippen LogP contribution in [0.4, 0.5) is 99.4 Å². The number of nitrogens with zero attached hydrogens (tertiary/aromatic N) is 3. The maximum Gasteiger partial charge on any atom is 0.200 e. The van der Waals surface area contributed by atoms with Crippen molar-refractivity contribution in [3.05, 3.63) is 157 Å². The van der Waals surface area contributed by atoms with Crippen LogP contribution >= 0.6 is 0 Å². The number of anilines is 2. The molecule has 3 nitrogen and oxygen atoms in total. The molecule has 0 aliphatic carbocycles. The van der Waals surface area contributed by atoms with E-state index in [1.54, 1.807) is 0 Å². The van der Waals surface area contributed by atoms with E-state index in [2.05, 4.69) is 4.98 Å². The molecule has 5 rings (SSSR count). The molecule has 0 bridgehead atoms. The van der Waals surface area contributed by atoms with Crippen LogP contribution in [-0.4, -0.2) is 4.98 Å². The number of benzene rings is 4. The van der Waals surface area contributed by atoms with E-state index in [4.69, 9.17) is 0 Å². The van der Waals surface area contributed by atoms with Gasteiger partial charge in [0.15, 0.2) is 93.1 Å². The zero-order chi connectivity index (χ0) is 41.8. The number of hydrogen-bond acceptors (Lipinski definition) is 3. The molecule has 0 radical (unpaired) electrons. The van der Waals surface area contributed by atoms with Crippen molar-refractivity contribution in [3.63, 3.8) is 0 Å². The van der Waals surface area contributed by atoms with Gasteiger partial charge in [0.1, 0.15) is 11.6 Å². The molecule has 23 heteroatoms. The van der Waals surface area contributed by atoms with E-state index < -0.39 is 176 Å². The zero-order valence-electron chi connectivity index (χ0n) is 26.5. The minimum Gasteiger partial charge on any atom is -0.347 e. The van der Waals surface area contributed by atoms with Gasteiger partial charge < -0.3 is 9.80 Å². The van der Waals surface area contributed by atoms with Crippen molar-refractivity contribution in [2.24, 2.45) is 0 Å². The maximum atomic E-state index is 14.8. The predicted octanol–water partition coefficient (Wildman–Crippen LogP) is 10.3. The number of halogens is 20. The number of pyridine rings is 1. The summed E-state index contributed by atoms with van der Waals surface area (Å²) in [6, 6.07) is 1.85. The molecule has 0 spiro atoms. The van der Waals surface area contributed by atoms with Gasteiger partial charge in [-0.3, -0.25) is 0 Å². The van der Waals surface area contributed by atoms with Crippen LogP contribution in [0.1, 0.15) is 22.3 Å². The van der Waals surface area contributed by atoms with Crippen LogP contribution in [0.3, 0.4) is 0 Å². The predicted molar refractivity (Wildman–Crippen MR) is 149 cm³/mol. The number of rotatable bonds is 10. The zero-order valence-corrected chi connectivity index (χ0v) is 26.5. The highest BCUT2D eigenvalue weighted by atomic mass is 19.2. The normalized spacial score (nSPS) is 11.5. The SMILES string of the molecule is Fc1c(F)c(F)c(CN(Cc2c(F)c(F)c(F)c(F)c2F)c2cccc(N(Cc3c(F)c(F)c(F)c(F)c3F)Cc3c(F)c(F)c(F)c(F)c3F)n2)c(F)c1F. The molecule has 0 fully saturated rings. The summed E-state index contributed by atoms with van der Waals surface area (Å²) in [4.78, 5) is 3.77. The van der Waals surface area contributed by atoms with Gasteiger partial charge in [-0.05, 0) is 12.1 Å². The second kappa shape index (κ2) is 15.4. The minimum atomic E-state index is -2.72. The van der Waals surface area contributed by atoms with Gasteiger partial charge in [-0.25, -0.2) is 92.8 Å². The Kier molecular flexibility index (Phi) is 11.4. The standard InChI is InChI=1S/C33H11F20N3/c34-14-8(15(35)23(43)30(50)22(14)42)4-55(5-9-16(36)24(44)31(51)25(45)17(9)37)12-2-1-3-13(54-12)56(6-10-18(38)26(46)32(52)27(47)19(10)39)7-11-20(40)28(48)33(53)29(49)21(11)41/h1-3H,4-7H2. The second-order valence-electron chi connectivity index (χ2n) is 11.3. The first-order valence-electron chi connectivity index (χ1n) is 14.6. The molecule has 0 amide bonds. The van der Waals surface area contributed by atoms with Crippen molar-refractivity contribution in [1.82, 2.24) is 4.98 Å². The first kappa shape index (κ1) is 41.4. The van der Waals surface area contributed by atoms with Crippen molar-refractivity contribution >= 4 is 11.6 Å². The molecule has 56 heavy (non-hydrogen) atoms. The van der Waals surface area contributed by atoms with E-state index in [1.807, 2.05) is 0 Å². The Morgan fingerprint density at radius 1 is 0.268 bits per heavy atom. The van der Waals surface area contributed by atoms with Gasteiger partial charge in [0.05, 0.1) is 26.2 Å². The van der Waals surface area contributed by atoms with E-state index in [1.165, 1.54) is 0 Å². The lowest BCUT2D eigenvalue weighted by Gasteiger charge is -2.29. The Hall–Kier alpha value is -5.77. The Labute approximate surface area is 297 Å². The van der Waals surface area contributed by atoms with Crippen LogP contribution in [0.15, 0.2) is 18.2 Å². The third-order valence-corrected chi connectivity index (χ3v) is 7.97. The lowest BCUT2D eigenvalue weighted by Crippen LogP contribution is -2.30. The fourth-order valence-electron chi connectivity index (χ4n) is 5.12. The smallest absolute Gasteiger partial charge is 0.200 e. The van der Waals surface area contributed by atoms with Gasteiger partial charge >= 0.3 is 0 Å². The van der Waals surface area contributed by atoms with Gasteiger partial charge in [-0.15, -0.1) is 0 Å². The fourth-order valence-corrected chi connectivity index (χ4v) is 5.12. The van der Waals surface area contributed by atoms with E-state index in [-0.39, 0.29) is 9.80 Å². The molecule has 1 heterocycles. The van der Waals surface area contributed by atoms with Gasteiger partial charge in [0.2, 0.25) is 23.3 Å². The molecule has 298 valence electrons. The highest BCUT2D eigenvalue weighted by Crippen LogP contribution is 2.33. The van der Waals surface area contributed by atoms with Crippen molar-refractivity contribution in [2.45, 2.75) is 26.2 Å². The highest BCUT2D eigenvalue weighted by Gasteiger charge is 2.33. The molecule has 0 aliphatic rings. The van der Waals surface area contributed by atoms with E-state index >= 15 is 0 Å². The molecule has 5 aromatic rings. The lowest BCUT2D eigenvalue weighted by atomic mass is 10.1. The summed E-state index contributed by atoms with van der Waals surface area (Å²) in [5.74, 6) is -54.8. The molecule has 0 N–H and O–H groups in total. The Balaban J connectivity index is 1.75. The van der Waals surface area contributed by atoms with Crippen molar-refractivity contribution in [3.8, 4) is 0 Å². The third-order valence-electron chi connectivity index (χ3n) is 7.97. The average molecular weight is 829 g/mol. The van der Waals surface area contributed by atoms with Crippen LogP contribution in [0.5, 0.6) is 0 Å². The lowest BCUT2D eigenvalue weighted by molar-refractivity contribution is 0.364. The Morgan fingerprint density at radius 3 is 0.607 bits per heavy atom. The molecule has 1 aromatic heterocycles. The van der Waals surface area contributed by atoms with Gasteiger partial charge in [0.25, 0.3) is 0 Å². The van der Waals surface area contributed by atoms with Crippen LogP contribution in [0.2, 0.25) is 0 Å². The average Bonchev–Trinajstić information content (AvgIpc) is 3.19. The van der Waals surface area contributed by atoms with Crippen LogP contribution in [0.25, 0.3) is 0 Å². The number of aromatic nitrogens is 1. The molecule has 0 atom stereocenters. The molecular weight excluding hydrogens is 818 g/mol. The molecule has 4 aromatic carbocycles. The van der Waals surface area contributed by atoms with Crippen LogP contribution in [0, 0.1) is 116 Å². The van der Waals surface area contributed by atoms with Crippen LogP contribution < -0.4 is 9.80 Å². The fraction of sp³-hybridized carbons (Fsp3) is 0.121. The Morgan fingerprint density at radius 2 is 0.429 bits per heavy atom. The summed E-state index contributed by atoms with van der Waals surface area (Å²) < 4.78 is 286. The Bertz CT molecular complexity index is 2000. The quantitative estimate of drug-likeness (QED) is 0.0794. The second-order valence-corrected chi connectivity index (χ2v) is 11.3. The molecular formula is C33H11F20N3. The van der Waals surface area contributed by atoms with Crippen molar-refractivity contribution < 1.29 is 87.8 Å². The first-order chi connectivity index (χ1) is 26.1. The monoisotopic (exact) mass is 829 g/mol. The van der Waals surface area contributed by atoms with Crippen molar-refractivity contribution in [2.75, 3.05) is 9.80 Å². The molecule has 0 saturated carbocycles. The third kappa shape index (κ3) is 6.97. The van der Waals surface area contributed by atoms with Gasteiger partial charge in [-0.1, -0.05) is 6.07 Å². The highest BCUT2D eigenvalue weighted by molar-refractivity contribution is 5.51. The molecule has 0 aliphatic heterocycles. The summed E-state index contributed by atoms with van der Waals surface area (Å²) in [6.45, 7) is -7.18. The topological polar surface area (TPSA) is 19.4 Å². The molecule has 0 saturated heterocycles. The molecule has 0 unspecified atom stereocenters. The summed E-state index contributed by atoms with van der Waals surface area (Å²) >= 11 is 0. The van der Waals surface area contributed by atoms with Gasteiger partial charge in [-0.2, -0.15) is 0 Å². The van der Waals surface area contributed by atoms with E-state index in [9.17, 15) is 87.8 Å². The van der Waals surface area contributed by atoms with E-state index in [0.717, 1.165) is 0 Å². The largest absolute Gasteiger partial charge is 0.347 e. The summed E-state index contributed by atoms with van der Waals surface area (Å²) in [5.41, 5.74) is -7.40. The minimum absolute atomic E-state index is 0.0506. The van der Waals surface area contributed by atoms with Crippen molar-refractivity contribution in [1.29, 1.82) is 0 Å². The maximum absolute atomic E-state index is 14.8. The van der Waals surface area contributed by atoms with Gasteiger partial charge in [0, 0.05) is 22.3 Å². The van der Waals surface area contributed by atoms with Crippen LogP contribution in [-0.2, 0) is 26.2 Å². The summed E-state index contributed by atoms with van der Waals surface area (Å²) in [7, 11) is 0. The summed E-state index contributed by atoms with van der Waals surface area (Å²) in [6.07, 6.45) is 0. The number of hydrogen-bond donors (Lipinski definition) is 0.